The number of pyridine rings is 1. The number of hydrazine groups is 1. The van der Waals surface area contributed by atoms with Crippen LogP contribution in [0.2, 0.25) is 0 Å². The van der Waals surface area contributed by atoms with Crippen molar-refractivity contribution in [1.29, 1.82) is 0 Å². The maximum absolute atomic E-state index is 5.96. The van der Waals surface area contributed by atoms with Gasteiger partial charge in [-0.05, 0) is 37.3 Å². The van der Waals surface area contributed by atoms with E-state index in [0.29, 0.717) is 18.1 Å². The van der Waals surface area contributed by atoms with E-state index in [0.717, 1.165) is 30.5 Å². The van der Waals surface area contributed by atoms with Crippen molar-refractivity contribution >= 4 is 5.69 Å². The molecule has 2 fully saturated rings. The van der Waals surface area contributed by atoms with Crippen LogP contribution in [0, 0.1) is 5.92 Å². The third kappa shape index (κ3) is 2.09. The molecule has 4 atom stereocenters. The molecule has 2 saturated heterocycles. The quantitative estimate of drug-likeness (QED) is 0.537. The van der Waals surface area contributed by atoms with Gasteiger partial charge in [0.1, 0.15) is 0 Å². The second kappa shape index (κ2) is 4.84. The third-order valence-electron chi connectivity index (χ3n) is 4.27. The first-order valence-corrected chi connectivity index (χ1v) is 6.58. The number of ether oxygens (including phenoxy) is 1. The first kappa shape index (κ1) is 11.9. The number of fused-ring (bicyclic) bond motifs is 2. The Morgan fingerprint density at radius 2 is 2.39 bits per heavy atom. The van der Waals surface area contributed by atoms with E-state index >= 15 is 0 Å². The van der Waals surface area contributed by atoms with E-state index in [1.807, 2.05) is 12.3 Å². The zero-order valence-corrected chi connectivity index (χ0v) is 10.4. The Hall–Kier alpha value is -1.17. The molecule has 3 heterocycles. The highest BCUT2D eigenvalue weighted by atomic mass is 16.5. The summed E-state index contributed by atoms with van der Waals surface area (Å²) >= 11 is 0. The molecular formula is C13H20N4O. The Kier molecular flexibility index (Phi) is 3.20. The predicted molar refractivity (Wildman–Crippen MR) is 69.5 cm³/mol. The molecule has 5 nitrogen and oxygen atoms in total. The summed E-state index contributed by atoms with van der Waals surface area (Å²) in [4.78, 5) is 4.13. The van der Waals surface area contributed by atoms with Crippen molar-refractivity contribution < 1.29 is 4.74 Å². The van der Waals surface area contributed by atoms with Crippen molar-refractivity contribution in [1.82, 2.24) is 10.4 Å². The maximum Gasteiger partial charge on any atom is 0.0624 e. The minimum Gasteiger partial charge on any atom is -0.398 e. The van der Waals surface area contributed by atoms with E-state index in [9.17, 15) is 0 Å². The summed E-state index contributed by atoms with van der Waals surface area (Å²) in [5.74, 6) is 6.21. The van der Waals surface area contributed by atoms with Crippen LogP contribution in [-0.4, -0.2) is 23.2 Å². The molecule has 0 aliphatic carbocycles. The fourth-order valence-electron chi connectivity index (χ4n) is 3.28. The summed E-state index contributed by atoms with van der Waals surface area (Å²) in [5, 5.41) is 0. The molecule has 2 aliphatic rings. The van der Waals surface area contributed by atoms with Crippen LogP contribution in [-0.2, 0) is 11.2 Å². The lowest BCUT2D eigenvalue weighted by molar-refractivity contribution is 0.0857. The van der Waals surface area contributed by atoms with Crippen molar-refractivity contribution in [3.8, 4) is 0 Å². The lowest BCUT2D eigenvalue weighted by Gasteiger charge is -2.28. The summed E-state index contributed by atoms with van der Waals surface area (Å²) in [6.45, 7) is 0. The number of hydrogen-bond donors (Lipinski definition) is 3. The minimum atomic E-state index is 0.215. The Morgan fingerprint density at radius 3 is 3.00 bits per heavy atom. The topological polar surface area (TPSA) is 86.2 Å². The molecule has 0 amide bonds. The highest BCUT2D eigenvalue weighted by Crippen LogP contribution is 2.41. The van der Waals surface area contributed by atoms with Gasteiger partial charge >= 0.3 is 0 Å². The molecule has 0 radical (unpaired) electrons. The number of anilines is 1. The van der Waals surface area contributed by atoms with Crippen molar-refractivity contribution in [3.05, 3.63) is 24.0 Å². The van der Waals surface area contributed by atoms with Crippen LogP contribution in [0.25, 0.3) is 0 Å². The first-order valence-electron chi connectivity index (χ1n) is 6.58. The van der Waals surface area contributed by atoms with Gasteiger partial charge < -0.3 is 10.5 Å². The van der Waals surface area contributed by atoms with Crippen molar-refractivity contribution in [3.63, 3.8) is 0 Å². The summed E-state index contributed by atoms with van der Waals surface area (Å²) < 4.78 is 5.89. The molecule has 0 spiro atoms. The number of nitrogens with one attached hydrogen (secondary N) is 1. The van der Waals surface area contributed by atoms with Gasteiger partial charge in [-0.1, -0.05) is 0 Å². The number of nitrogens with two attached hydrogens (primary N) is 2. The van der Waals surface area contributed by atoms with Crippen LogP contribution in [0.5, 0.6) is 0 Å². The van der Waals surface area contributed by atoms with Crippen molar-refractivity contribution in [2.45, 2.75) is 43.9 Å². The van der Waals surface area contributed by atoms with Gasteiger partial charge in [0.25, 0.3) is 0 Å². The molecule has 98 valence electrons. The zero-order valence-electron chi connectivity index (χ0n) is 10.4. The fourth-order valence-corrected chi connectivity index (χ4v) is 3.28. The van der Waals surface area contributed by atoms with Gasteiger partial charge in [0.2, 0.25) is 0 Å². The van der Waals surface area contributed by atoms with E-state index in [2.05, 4.69) is 10.4 Å². The van der Waals surface area contributed by atoms with Crippen LogP contribution in [0.1, 0.15) is 24.8 Å². The van der Waals surface area contributed by atoms with E-state index in [1.165, 1.54) is 6.42 Å². The zero-order chi connectivity index (χ0) is 12.5. The molecule has 18 heavy (non-hydrogen) atoms. The lowest BCUT2D eigenvalue weighted by atomic mass is 9.82. The van der Waals surface area contributed by atoms with Gasteiger partial charge in [-0.25, -0.2) is 0 Å². The number of nitrogens with zero attached hydrogens (tertiary/aromatic N) is 1. The Morgan fingerprint density at radius 1 is 1.50 bits per heavy atom. The average molecular weight is 248 g/mol. The molecule has 2 bridgehead atoms. The number of aromatic nitrogens is 1. The van der Waals surface area contributed by atoms with Crippen LogP contribution in [0.15, 0.2) is 18.5 Å². The van der Waals surface area contributed by atoms with Crippen LogP contribution in [0.3, 0.4) is 0 Å². The molecule has 5 N–H and O–H groups in total. The van der Waals surface area contributed by atoms with E-state index < -0.39 is 0 Å². The smallest absolute Gasteiger partial charge is 0.0624 e. The van der Waals surface area contributed by atoms with Crippen LogP contribution in [0.4, 0.5) is 5.69 Å². The molecule has 3 rings (SSSR count). The molecule has 1 aromatic heterocycles. The predicted octanol–water partition coefficient (Wildman–Crippen LogP) is 0.606. The SMILES string of the molecule is NNC(Cc1cnccc1N)C1CC2CCC1O2. The molecule has 5 heteroatoms. The van der Waals surface area contributed by atoms with E-state index in [1.54, 1.807) is 6.20 Å². The van der Waals surface area contributed by atoms with Crippen molar-refractivity contribution in [2.75, 3.05) is 5.73 Å². The molecule has 2 aliphatic heterocycles. The van der Waals surface area contributed by atoms with Crippen molar-refractivity contribution in [2.24, 2.45) is 11.8 Å². The minimum absolute atomic E-state index is 0.215. The molecule has 0 saturated carbocycles. The standard InChI is InChI=1S/C13H20N4O/c14-11-3-4-16-7-8(11)5-12(17-15)10-6-9-1-2-13(10)18-9/h3-4,7,9-10,12-13,17H,1-2,5-6,15H2,(H2,14,16). The number of nitrogen functional groups attached to an aromatic ring is 1. The van der Waals surface area contributed by atoms with Gasteiger partial charge in [-0.3, -0.25) is 16.3 Å². The summed E-state index contributed by atoms with van der Waals surface area (Å²) in [7, 11) is 0. The third-order valence-corrected chi connectivity index (χ3v) is 4.27. The first-order chi connectivity index (χ1) is 8.78. The van der Waals surface area contributed by atoms with Crippen LogP contribution < -0.4 is 17.0 Å². The van der Waals surface area contributed by atoms with Gasteiger partial charge in [-0.15, -0.1) is 0 Å². The lowest BCUT2D eigenvalue weighted by Crippen LogP contribution is -2.45. The Labute approximate surface area is 107 Å². The monoisotopic (exact) mass is 248 g/mol. The maximum atomic E-state index is 5.96. The van der Waals surface area contributed by atoms with Crippen LogP contribution >= 0.6 is 0 Å². The highest BCUT2D eigenvalue weighted by Gasteiger charge is 2.44. The summed E-state index contributed by atoms with van der Waals surface area (Å²) in [6.07, 6.45) is 8.64. The molecular weight excluding hydrogens is 228 g/mol. The van der Waals surface area contributed by atoms with Gasteiger partial charge in [0.05, 0.1) is 12.2 Å². The average Bonchev–Trinajstić information content (AvgIpc) is 3.00. The normalized spacial score (nSPS) is 31.7. The summed E-state index contributed by atoms with van der Waals surface area (Å²) in [6, 6.07) is 2.05. The Balaban J connectivity index is 1.72. The van der Waals surface area contributed by atoms with E-state index in [-0.39, 0.29) is 6.04 Å². The molecule has 0 aromatic carbocycles. The van der Waals surface area contributed by atoms with Gasteiger partial charge in [0.15, 0.2) is 0 Å². The van der Waals surface area contributed by atoms with Gasteiger partial charge in [-0.2, -0.15) is 0 Å². The molecule has 1 aromatic rings. The second-order valence-electron chi connectivity index (χ2n) is 5.33. The number of hydrogen-bond acceptors (Lipinski definition) is 5. The van der Waals surface area contributed by atoms with E-state index in [4.69, 9.17) is 16.3 Å². The number of rotatable bonds is 4. The second-order valence-corrected chi connectivity index (χ2v) is 5.33. The fraction of sp³-hybridized carbons (Fsp3) is 0.615. The summed E-state index contributed by atoms with van der Waals surface area (Å²) in [5.41, 5.74) is 10.7. The highest BCUT2D eigenvalue weighted by molar-refractivity contribution is 5.44. The largest absolute Gasteiger partial charge is 0.398 e. The Bertz CT molecular complexity index is 425. The molecule has 4 unspecified atom stereocenters. The van der Waals surface area contributed by atoms with Gasteiger partial charge in [0, 0.05) is 30.0 Å².